The van der Waals surface area contributed by atoms with E-state index >= 15 is 0 Å². The second kappa shape index (κ2) is 9.04. The van der Waals surface area contributed by atoms with Gasteiger partial charge in [0, 0.05) is 68.6 Å². The van der Waals surface area contributed by atoms with E-state index in [4.69, 9.17) is 4.74 Å². The van der Waals surface area contributed by atoms with Crippen molar-refractivity contribution in [3.8, 4) is 11.8 Å². The van der Waals surface area contributed by atoms with Gasteiger partial charge in [-0.3, -0.25) is 14.7 Å². The van der Waals surface area contributed by atoms with E-state index in [2.05, 4.69) is 37.1 Å². The third-order valence-electron chi connectivity index (χ3n) is 6.37. The Morgan fingerprint density at radius 2 is 2.03 bits per heavy atom. The zero-order chi connectivity index (χ0) is 22.1. The number of dihydropyridines is 1. The van der Waals surface area contributed by atoms with Crippen LogP contribution in [0, 0.1) is 23.1 Å². The number of hydrogen-bond acceptors (Lipinski definition) is 6. The van der Waals surface area contributed by atoms with Crippen molar-refractivity contribution in [1.82, 2.24) is 14.7 Å². The number of carbonyl (C=O) groups excluding carboxylic acids is 1. The van der Waals surface area contributed by atoms with Gasteiger partial charge in [-0.15, -0.1) is 9.24 Å². The molecule has 4 atom stereocenters. The highest BCUT2D eigenvalue weighted by atomic mass is 31.0. The van der Waals surface area contributed by atoms with Crippen molar-refractivity contribution in [2.75, 3.05) is 46.9 Å². The molecular weight excluding hydrogens is 416 g/mol. The fourth-order valence-electron chi connectivity index (χ4n) is 4.64. The molecule has 164 valence electrons. The van der Waals surface area contributed by atoms with E-state index in [9.17, 15) is 14.4 Å². The molecule has 31 heavy (non-hydrogen) atoms. The van der Waals surface area contributed by atoms with Crippen LogP contribution in [0.4, 0.5) is 4.39 Å². The van der Waals surface area contributed by atoms with Crippen LogP contribution < -0.4 is 10.0 Å². The molecule has 3 aliphatic rings. The molecule has 0 aromatic heterocycles. The predicted molar refractivity (Wildman–Crippen MR) is 120 cm³/mol. The molecule has 3 unspecified atom stereocenters. The fourth-order valence-corrected chi connectivity index (χ4v) is 5.18. The lowest BCUT2D eigenvalue weighted by Crippen LogP contribution is -2.52. The summed E-state index contributed by atoms with van der Waals surface area (Å²) in [4.78, 5) is 23.6. The molecular formula is C22H27FN5O2P. The van der Waals surface area contributed by atoms with Crippen molar-refractivity contribution >= 4 is 26.7 Å². The number of rotatable bonds is 4. The molecule has 0 radical (unpaired) electrons. The van der Waals surface area contributed by atoms with Crippen LogP contribution in [0.1, 0.15) is 17.9 Å². The van der Waals surface area contributed by atoms with Crippen molar-refractivity contribution in [2.24, 2.45) is 10.9 Å². The number of methoxy groups -OCH3 is 1. The number of ether oxygens (including phenoxy) is 1. The van der Waals surface area contributed by atoms with E-state index in [1.807, 2.05) is 0 Å². The van der Waals surface area contributed by atoms with Gasteiger partial charge in [0.1, 0.15) is 23.7 Å². The van der Waals surface area contributed by atoms with Gasteiger partial charge in [-0.05, 0) is 24.5 Å². The number of halogens is 1. The molecule has 4 rings (SSSR count). The maximum atomic E-state index is 14.8. The smallest absolute Gasteiger partial charge is 0.227 e. The Kier molecular flexibility index (Phi) is 6.38. The van der Waals surface area contributed by atoms with Gasteiger partial charge in [-0.25, -0.2) is 4.39 Å². The van der Waals surface area contributed by atoms with Crippen LogP contribution in [0.5, 0.6) is 5.75 Å². The van der Waals surface area contributed by atoms with Crippen molar-refractivity contribution in [3.05, 3.63) is 35.3 Å². The number of nitriles is 1. The molecule has 1 aromatic rings. The number of benzene rings is 1. The van der Waals surface area contributed by atoms with Crippen LogP contribution in [0.2, 0.25) is 0 Å². The second-order valence-corrected chi connectivity index (χ2v) is 8.89. The molecule has 2 fully saturated rings. The second-order valence-electron chi connectivity index (χ2n) is 8.27. The molecule has 0 N–H and O–H groups in total. The number of aliphatic imine (C=N–C) groups is 1. The Labute approximate surface area is 184 Å². The zero-order valence-corrected chi connectivity index (χ0v) is 18.9. The van der Waals surface area contributed by atoms with Crippen molar-refractivity contribution in [1.29, 1.82) is 5.26 Å². The molecule has 1 aromatic carbocycles. The quantitative estimate of drug-likeness (QED) is 0.657. The summed E-state index contributed by atoms with van der Waals surface area (Å²) < 4.78 is 19.9. The minimum absolute atomic E-state index is 0.0939. The maximum Gasteiger partial charge on any atom is 0.227 e. The standard InChI is InChI=1S/C22H27FN5O2P/c1-26-5-7-27(8-6-26)22-16(12-24)18(3-4-25-22)28-13-14(9-20(28)29)21-17(23)10-15(30-2)11-19(21)31/h3-4,10-11,14,16,22H,5-9,13,31H2,1-2H3/t14-,16?,22?/m0/s1. The average molecular weight is 443 g/mol. The third kappa shape index (κ3) is 4.23. The van der Waals surface area contributed by atoms with E-state index in [1.165, 1.54) is 13.2 Å². The van der Waals surface area contributed by atoms with Crippen LogP contribution >= 0.6 is 9.24 Å². The third-order valence-corrected chi connectivity index (χ3v) is 6.85. The van der Waals surface area contributed by atoms with Crippen LogP contribution in [0.3, 0.4) is 0 Å². The summed E-state index contributed by atoms with van der Waals surface area (Å²) >= 11 is 0. The summed E-state index contributed by atoms with van der Waals surface area (Å²) in [5, 5.41) is 10.7. The highest BCUT2D eigenvalue weighted by molar-refractivity contribution is 7.27. The summed E-state index contributed by atoms with van der Waals surface area (Å²) in [5.41, 5.74) is 1.17. The first kappa shape index (κ1) is 21.9. The summed E-state index contributed by atoms with van der Waals surface area (Å²) in [6, 6.07) is 5.48. The van der Waals surface area contributed by atoms with Crippen LogP contribution in [0.15, 0.2) is 28.9 Å². The summed E-state index contributed by atoms with van der Waals surface area (Å²) in [6.45, 7) is 3.84. The topological polar surface area (TPSA) is 72.2 Å². The largest absolute Gasteiger partial charge is 0.497 e. The van der Waals surface area contributed by atoms with Gasteiger partial charge in [-0.2, -0.15) is 5.26 Å². The highest BCUT2D eigenvalue weighted by Gasteiger charge is 2.41. The van der Waals surface area contributed by atoms with E-state index in [0.29, 0.717) is 28.9 Å². The van der Waals surface area contributed by atoms with Crippen molar-refractivity contribution < 1.29 is 13.9 Å². The molecule has 3 aliphatic heterocycles. The minimum atomic E-state index is -0.535. The maximum absolute atomic E-state index is 14.8. The Morgan fingerprint density at radius 1 is 1.29 bits per heavy atom. The van der Waals surface area contributed by atoms with Crippen molar-refractivity contribution in [2.45, 2.75) is 18.5 Å². The summed E-state index contributed by atoms with van der Waals surface area (Å²) in [7, 11) is 6.12. The monoisotopic (exact) mass is 443 g/mol. The van der Waals surface area contributed by atoms with Gasteiger partial charge in [0.2, 0.25) is 5.91 Å². The van der Waals surface area contributed by atoms with Crippen molar-refractivity contribution in [3.63, 3.8) is 0 Å². The number of piperazine rings is 1. The molecule has 0 aliphatic carbocycles. The summed E-state index contributed by atoms with van der Waals surface area (Å²) in [5.74, 6) is -0.850. The number of amides is 1. The summed E-state index contributed by atoms with van der Waals surface area (Å²) in [6.07, 6.45) is 3.35. The molecule has 7 nitrogen and oxygen atoms in total. The van der Waals surface area contributed by atoms with E-state index in [1.54, 1.807) is 23.3 Å². The lowest BCUT2D eigenvalue weighted by molar-refractivity contribution is -0.126. The lowest BCUT2D eigenvalue weighted by Gasteiger charge is -2.40. The fraction of sp³-hybridized carbons (Fsp3) is 0.500. The Bertz CT molecular complexity index is 944. The molecule has 3 heterocycles. The predicted octanol–water partition coefficient (Wildman–Crippen LogP) is 1.33. The minimum Gasteiger partial charge on any atom is -0.497 e. The van der Waals surface area contributed by atoms with E-state index < -0.39 is 5.92 Å². The normalized spacial score (nSPS) is 27.3. The Hall–Kier alpha value is -2.33. The zero-order valence-electron chi connectivity index (χ0n) is 17.8. The Balaban J connectivity index is 1.56. The number of allylic oxidation sites excluding steroid dienone is 1. The van der Waals surface area contributed by atoms with Crippen LogP contribution in [0.25, 0.3) is 0 Å². The first-order valence-electron chi connectivity index (χ1n) is 10.4. The SMILES string of the molecule is COc1cc(F)c([C@H]2CC(=O)N(C3=CC=NC(N4CCN(C)CC4)C3C#N)C2)c(P)c1. The van der Waals surface area contributed by atoms with E-state index in [0.717, 1.165) is 26.2 Å². The van der Waals surface area contributed by atoms with Crippen LogP contribution in [-0.2, 0) is 4.79 Å². The average Bonchev–Trinajstić information content (AvgIpc) is 3.13. The first-order valence-corrected chi connectivity index (χ1v) is 11.0. The molecule has 1 amide bonds. The van der Waals surface area contributed by atoms with Gasteiger partial charge in [0.05, 0.1) is 13.2 Å². The first-order chi connectivity index (χ1) is 14.9. The molecule has 0 saturated carbocycles. The number of nitrogens with zero attached hydrogens (tertiary/aromatic N) is 5. The molecule has 0 bridgehead atoms. The molecule has 2 saturated heterocycles. The number of likely N-dealkylation sites (N-methyl/N-ethyl adjacent to an activating group) is 1. The van der Waals surface area contributed by atoms with Gasteiger partial charge in [0.25, 0.3) is 0 Å². The van der Waals surface area contributed by atoms with Gasteiger partial charge >= 0.3 is 0 Å². The lowest BCUT2D eigenvalue weighted by atomic mass is 9.96. The van der Waals surface area contributed by atoms with Crippen LogP contribution in [-0.4, -0.2) is 79.9 Å². The number of likely N-dealkylation sites (tertiary alicyclic amines) is 1. The number of hydrogen-bond donors (Lipinski definition) is 0. The number of carbonyl (C=O) groups is 1. The van der Waals surface area contributed by atoms with Gasteiger partial charge < -0.3 is 14.5 Å². The molecule has 9 heteroatoms. The van der Waals surface area contributed by atoms with Gasteiger partial charge in [0.15, 0.2) is 0 Å². The Morgan fingerprint density at radius 3 is 2.68 bits per heavy atom. The molecule has 0 spiro atoms. The van der Waals surface area contributed by atoms with E-state index in [-0.39, 0.29) is 30.2 Å². The highest BCUT2D eigenvalue weighted by Crippen LogP contribution is 2.36. The van der Waals surface area contributed by atoms with Gasteiger partial charge in [-0.1, -0.05) is 0 Å².